The first-order valence-corrected chi connectivity index (χ1v) is 9.03. The summed E-state index contributed by atoms with van der Waals surface area (Å²) in [6.45, 7) is 10.4. The third-order valence-electron chi connectivity index (χ3n) is 5.76. The smallest absolute Gasteiger partial charge is 0.115 e. The first kappa shape index (κ1) is 18.5. The average molecular weight is 327 g/mol. The van der Waals surface area contributed by atoms with Crippen LogP contribution in [0.2, 0.25) is 0 Å². The van der Waals surface area contributed by atoms with E-state index in [4.69, 9.17) is 0 Å². The molecule has 2 heteroatoms. The van der Waals surface area contributed by atoms with Crippen molar-refractivity contribution < 1.29 is 9.59 Å². The van der Waals surface area contributed by atoms with Gasteiger partial charge in [0.15, 0.2) is 0 Å². The van der Waals surface area contributed by atoms with Gasteiger partial charge in [-0.3, -0.25) is 0 Å². The van der Waals surface area contributed by atoms with E-state index >= 15 is 0 Å². The summed E-state index contributed by atoms with van der Waals surface area (Å²) < 4.78 is 1.07. The second kappa shape index (κ2) is 7.85. The minimum atomic E-state index is 0.329. The summed E-state index contributed by atoms with van der Waals surface area (Å²) in [4.78, 5) is 0. The molecule has 0 bridgehead atoms. The molecule has 0 unspecified atom stereocenters. The van der Waals surface area contributed by atoms with Crippen LogP contribution in [0.5, 0.6) is 5.75 Å². The molecule has 130 valence electrons. The second-order valence-corrected chi connectivity index (χ2v) is 7.60. The van der Waals surface area contributed by atoms with Gasteiger partial charge in [-0.05, 0) is 51.0 Å². The summed E-state index contributed by atoms with van der Waals surface area (Å²) in [6, 6.07) is 19.6. The highest BCUT2D eigenvalue weighted by Gasteiger charge is 2.30. The van der Waals surface area contributed by atoms with Crippen LogP contribution >= 0.6 is 0 Å². The molecule has 0 aliphatic heterocycles. The van der Waals surface area contributed by atoms with Crippen molar-refractivity contribution in [1.82, 2.24) is 0 Å². The van der Waals surface area contributed by atoms with Crippen LogP contribution in [0, 0.1) is 0 Å². The van der Waals surface area contributed by atoms with Gasteiger partial charge in [0.25, 0.3) is 0 Å². The second-order valence-electron chi connectivity index (χ2n) is 7.60. The highest BCUT2D eigenvalue weighted by Crippen LogP contribution is 2.31. The van der Waals surface area contributed by atoms with Crippen molar-refractivity contribution in [2.45, 2.75) is 52.1 Å². The van der Waals surface area contributed by atoms with E-state index in [0.717, 1.165) is 17.4 Å². The van der Waals surface area contributed by atoms with E-state index in [0.29, 0.717) is 23.8 Å². The Labute approximate surface area is 147 Å². The van der Waals surface area contributed by atoms with Gasteiger partial charge in [-0.2, -0.15) is 0 Å². The van der Waals surface area contributed by atoms with Crippen LogP contribution in [0.3, 0.4) is 0 Å². The van der Waals surface area contributed by atoms with E-state index in [1.807, 2.05) is 0 Å². The topological polar surface area (TPSA) is 20.2 Å². The van der Waals surface area contributed by atoms with E-state index in [1.165, 1.54) is 11.1 Å². The molecule has 0 saturated heterocycles. The molecule has 2 aromatic carbocycles. The Hall–Kier alpha value is -1.80. The SMILES string of the molecule is CC(C)[N+](C)(CC[C@@H](c1ccccc1)c1ccc(O)cc1)C(C)C. The lowest BCUT2D eigenvalue weighted by Gasteiger charge is -2.43. The molecular weight excluding hydrogens is 294 g/mol. The first-order valence-electron chi connectivity index (χ1n) is 9.03. The summed E-state index contributed by atoms with van der Waals surface area (Å²) in [6.07, 6.45) is 1.10. The van der Waals surface area contributed by atoms with Crippen molar-refractivity contribution in [3.05, 3.63) is 65.7 Å². The molecule has 1 N–H and O–H groups in total. The highest BCUT2D eigenvalue weighted by atomic mass is 16.3. The number of hydrogen-bond acceptors (Lipinski definition) is 1. The fourth-order valence-electron chi connectivity index (χ4n) is 3.44. The average Bonchev–Trinajstić information content (AvgIpc) is 2.57. The van der Waals surface area contributed by atoms with Gasteiger partial charge in [-0.15, -0.1) is 0 Å². The molecule has 0 saturated carbocycles. The molecule has 2 aromatic rings. The van der Waals surface area contributed by atoms with Crippen LogP contribution in [0.15, 0.2) is 54.6 Å². The molecule has 0 fully saturated rings. The monoisotopic (exact) mass is 326 g/mol. The summed E-state index contributed by atoms with van der Waals surface area (Å²) in [5, 5.41) is 9.61. The summed E-state index contributed by atoms with van der Waals surface area (Å²) >= 11 is 0. The van der Waals surface area contributed by atoms with Gasteiger partial charge < -0.3 is 9.59 Å². The van der Waals surface area contributed by atoms with Crippen LogP contribution in [0.1, 0.15) is 51.2 Å². The standard InChI is InChI=1S/C22H31NO/c1-17(2)23(5,18(3)4)16-15-22(19-9-7-6-8-10-19)20-11-13-21(24)14-12-20/h6-14,17-18,22H,15-16H2,1-5H3/p+1/t22-/m0/s1. The number of rotatable bonds is 7. The zero-order chi connectivity index (χ0) is 17.7. The maximum atomic E-state index is 9.61. The Morgan fingerprint density at radius 3 is 1.79 bits per heavy atom. The molecular formula is C22H32NO+. The van der Waals surface area contributed by atoms with Gasteiger partial charge >= 0.3 is 0 Å². The van der Waals surface area contributed by atoms with Crippen LogP contribution < -0.4 is 0 Å². The lowest BCUT2D eigenvalue weighted by Crippen LogP contribution is -2.55. The Kier molecular flexibility index (Phi) is 6.06. The van der Waals surface area contributed by atoms with E-state index in [9.17, 15) is 5.11 Å². The molecule has 0 spiro atoms. The van der Waals surface area contributed by atoms with E-state index < -0.39 is 0 Å². The lowest BCUT2D eigenvalue weighted by atomic mass is 9.87. The number of aromatic hydroxyl groups is 1. The zero-order valence-electron chi connectivity index (χ0n) is 15.7. The third-order valence-corrected chi connectivity index (χ3v) is 5.76. The zero-order valence-corrected chi connectivity index (χ0v) is 15.7. The molecule has 2 rings (SSSR count). The molecule has 0 amide bonds. The van der Waals surface area contributed by atoms with Crippen LogP contribution in [-0.2, 0) is 0 Å². The maximum absolute atomic E-state index is 9.61. The van der Waals surface area contributed by atoms with E-state index in [-0.39, 0.29) is 0 Å². The van der Waals surface area contributed by atoms with Gasteiger partial charge in [0, 0.05) is 12.3 Å². The van der Waals surface area contributed by atoms with E-state index in [2.05, 4.69) is 77.2 Å². The van der Waals surface area contributed by atoms with E-state index in [1.54, 1.807) is 12.1 Å². The molecule has 1 atom stereocenters. The summed E-state index contributed by atoms with van der Waals surface area (Å²) in [7, 11) is 2.37. The fourth-order valence-corrected chi connectivity index (χ4v) is 3.44. The molecule has 2 nitrogen and oxygen atoms in total. The van der Waals surface area contributed by atoms with Crippen molar-refractivity contribution in [1.29, 1.82) is 0 Å². The predicted octanol–water partition coefficient (Wildman–Crippen LogP) is 5.18. The van der Waals surface area contributed by atoms with Gasteiger partial charge in [0.2, 0.25) is 0 Å². The Morgan fingerprint density at radius 1 is 0.792 bits per heavy atom. The fraction of sp³-hybridized carbons (Fsp3) is 0.455. The van der Waals surface area contributed by atoms with Crippen molar-refractivity contribution in [2.75, 3.05) is 13.6 Å². The molecule has 0 radical (unpaired) electrons. The minimum absolute atomic E-state index is 0.329. The van der Waals surface area contributed by atoms with Gasteiger partial charge in [-0.1, -0.05) is 42.5 Å². The highest BCUT2D eigenvalue weighted by molar-refractivity contribution is 5.35. The maximum Gasteiger partial charge on any atom is 0.115 e. The predicted molar refractivity (Wildman–Crippen MR) is 102 cm³/mol. The molecule has 0 aliphatic rings. The van der Waals surface area contributed by atoms with Gasteiger partial charge in [0.05, 0.1) is 25.7 Å². The van der Waals surface area contributed by atoms with Crippen molar-refractivity contribution in [2.24, 2.45) is 0 Å². The number of benzene rings is 2. The summed E-state index contributed by atoms with van der Waals surface area (Å²) in [5.41, 5.74) is 2.63. The largest absolute Gasteiger partial charge is 0.508 e. The number of phenols is 1. The Bertz CT molecular complexity index is 608. The Balaban J connectivity index is 2.29. The number of hydrogen-bond donors (Lipinski definition) is 1. The van der Waals surface area contributed by atoms with Crippen molar-refractivity contribution in [3.63, 3.8) is 0 Å². The number of quaternary nitrogens is 1. The van der Waals surface area contributed by atoms with Crippen LogP contribution in [-0.4, -0.2) is 35.3 Å². The van der Waals surface area contributed by atoms with Crippen molar-refractivity contribution in [3.8, 4) is 5.75 Å². The van der Waals surface area contributed by atoms with Gasteiger partial charge in [0.1, 0.15) is 5.75 Å². The molecule has 24 heavy (non-hydrogen) atoms. The molecule has 0 aliphatic carbocycles. The Morgan fingerprint density at radius 2 is 1.29 bits per heavy atom. The number of nitrogens with zero attached hydrogens (tertiary/aromatic N) is 1. The van der Waals surface area contributed by atoms with Crippen molar-refractivity contribution >= 4 is 0 Å². The normalized spacial score (nSPS) is 13.5. The van der Waals surface area contributed by atoms with Crippen LogP contribution in [0.4, 0.5) is 0 Å². The first-order chi connectivity index (χ1) is 11.3. The van der Waals surface area contributed by atoms with Crippen LogP contribution in [0.25, 0.3) is 0 Å². The quantitative estimate of drug-likeness (QED) is 0.695. The molecule has 0 aromatic heterocycles. The minimum Gasteiger partial charge on any atom is -0.508 e. The summed E-state index contributed by atoms with van der Waals surface area (Å²) in [5.74, 6) is 0.692. The van der Waals surface area contributed by atoms with Gasteiger partial charge in [-0.25, -0.2) is 0 Å². The molecule has 0 heterocycles. The number of phenolic OH excluding ortho intramolecular Hbond substituents is 1. The lowest BCUT2D eigenvalue weighted by molar-refractivity contribution is -0.949. The third kappa shape index (κ3) is 4.18.